The number of amides is 1. The molecule has 4 heteroatoms. The molecule has 1 N–H and O–H groups in total. The van der Waals surface area contributed by atoms with Crippen LogP contribution in [0.5, 0.6) is 0 Å². The number of benzene rings is 1. The summed E-state index contributed by atoms with van der Waals surface area (Å²) in [5.74, 6) is 0.238. The first kappa shape index (κ1) is 14.9. The quantitative estimate of drug-likeness (QED) is 0.690. The molecule has 1 heterocycles. The highest BCUT2D eigenvalue weighted by atomic mass is 16.2. The molecule has 4 nitrogen and oxygen atoms in total. The molecule has 1 aromatic carbocycles. The summed E-state index contributed by atoms with van der Waals surface area (Å²) in [6.45, 7) is 6.08. The van der Waals surface area contributed by atoms with E-state index in [-0.39, 0.29) is 5.91 Å². The first-order valence-electron chi connectivity index (χ1n) is 6.93. The van der Waals surface area contributed by atoms with Crippen LogP contribution in [0.25, 0.3) is 0 Å². The SMILES string of the molecule is C/C(=N\NC(=O)c1ccc(C(C)C)cc1)c1cccnc1. The Kier molecular flexibility index (Phi) is 4.82. The van der Waals surface area contributed by atoms with Gasteiger partial charge in [0.1, 0.15) is 0 Å². The van der Waals surface area contributed by atoms with Crippen molar-refractivity contribution in [2.75, 3.05) is 0 Å². The lowest BCUT2D eigenvalue weighted by Crippen LogP contribution is -2.19. The molecule has 0 fully saturated rings. The second-order valence-corrected chi connectivity index (χ2v) is 5.16. The predicted octanol–water partition coefficient (Wildman–Crippen LogP) is 3.36. The van der Waals surface area contributed by atoms with Gasteiger partial charge in [-0.2, -0.15) is 5.10 Å². The minimum Gasteiger partial charge on any atom is -0.267 e. The van der Waals surface area contributed by atoms with Crippen molar-refractivity contribution in [1.82, 2.24) is 10.4 Å². The fourth-order valence-corrected chi connectivity index (χ4v) is 1.86. The fourth-order valence-electron chi connectivity index (χ4n) is 1.86. The summed E-state index contributed by atoms with van der Waals surface area (Å²) in [5, 5.41) is 4.11. The number of rotatable bonds is 4. The zero-order valence-electron chi connectivity index (χ0n) is 12.5. The molecule has 0 saturated heterocycles. The monoisotopic (exact) mass is 281 g/mol. The lowest BCUT2D eigenvalue weighted by Gasteiger charge is -2.06. The normalized spacial score (nSPS) is 11.5. The number of nitrogens with one attached hydrogen (secondary N) is 1. The molecule has 0 unspecified atom stereocenters. The molecule has 21 heavy (non-hydrogen) atoms. The molecule has 2 aromatic rings. The minimum absolute atomic E-state index is 0.214. The third-order valence-corrected chi connectivity index (χ3v) is 3.24. The van der Waals surface area contributed by atoms with Crippen LogP contribution in [0.1, 0.15) is 48.2 Å². The molecular weight excluding hydrogens is 262 g/mol. The lowest BCUT2D eigenvalue weighted by molar-refractivity contribution is 0.0955. The summed E-state index contributed by atoms with van der Waals surface area (Å²) >= 11 is 0. The van der Waals surface area contributed by atoms with E-state index >= 15 is 0 Å². The van der Waals surface area contributed by atoms with E-state index in [1.807, 2.05) is 43.3 Å². The third-order valence-electron chi connectivity index (χ3n) is 3.24. The number of pyridine rings is 1. The maximum absolute atomic E-state index is 12.0. The standard InChI is InChI=1S/C17H19N3O/c1-12(2)14-6-8-15(9-7-14)17(21)20-19-13(3)16-5-4-10-18-11-16/h4-12H,1-3H3,(H,20,21)/b19-13+. The summed E-state index contributed by atoms with van der Waals surface area (Å²) in [4.78, 5) is 16.1. The van der Waals surface area contributed by atoms with Gasteiger partial charge in [-0.25, -0.2) is 5.43 Å². The average molecular weight is 281 g/mol. The van der Waals surface area contributed by atoms with Crippen molar-refractivity contribution < 1.29 is 4.79 Å². The number of hydrazone groups is 1. The number of hydrogen-bond acceptors (Lipinski definition) is 3. The molecule has 108 valence electrons. The Hall–Kier alpha value is -2.49. The average Bonchev–Trinajstić information content (AvgIpc) is 2.53. The zero-order chi connectivity index (χ0) is 15.2. The Morgan fingerprint density at radius 3 is 2.43 bits per heavy atom. The van der Waals surface area contributed by atoms with E-state index in [0.29, 0.717) is 11.5 Å². The minimum atomic E-state index is -0.214. The van der Waals surface area contributed by atoms with Crippen molar-refractivity contribution in [1.29, 1.82) is 0 Å². The fraction of sp³-hybridized carbons (Fsp3) is 0.235. The Morgan fingerprint density at radius 1 is 1.14 bits per heavy atom. The number of aromatic nitrogens is 1. The Labute approximate surface area is 124 Å². The molecule has 0 radical (unpaired) electrons. The van der Waals surface area contributed by atoms with Crippen LogP contribution >= 0.6 is 0 Å². The molecule has 2 rings (SSSR count). The first-order valence-corrected chi connectivity index (χ1v) is 6.93. The smallest absolute Gasteiger partial charge is 0.267 e. The van der Waals surface area contributed by atoms with Gasteiger partial charge in [-0.3, -0.25) is 9.78 Å². The van der Waals surface area contributed by atoms with Crippen molar-refractivity contribution in [3.05, 3.63) is 65.5 Å². The molecule has 1 aromatic heterocycles. The van der Waals surface area contributed by atoms with Gasteiger partial charge >= 0.3 is 0 Å². The first-order chi connectivity index (χ1) is 10.1. The topological polar surface area (TPSA) is 54.4 Å². The van der Waals surface area contributed by atoms with Crippen molar-refractivity contribution in [3.63, 3.8) is 0 Å². The van der Waals surface area contributed by atoms with Crippen LogP contribution in [0.15, 0.2) is 53.9 Å². The predicted molar refractivity (Wildman–Crippen MR) is 84.4 cm³/mol. The maximum Gasteiger partial charge on any atom is 0.271 e. The summed E-state index contributed by atoms with van der Waals surface area (Å²) in [6.07, 6.45) is 3.41. The summed E-state index contributed by atoms with van der Waals surface area (Å²) in [7, 11) is 0. The molecule has 0 saturated carbocycles. The van der Waals surface area contributed by atoms with Gasteiger partial charge in [0.2, 0.25) is 0 Å². The van der Waals surface area contributed by atoms with Gasteiger partial charge in [0.05, 0.1) is 5.71 Å². The molecule has 0 spiro atoms. The van der Waals surface area contributed by atoms with Gasteiger partial charge in [-0.15, -0.1) is 0 Å². The number of carbonyl (C=O) groups is 1. The van der Waals surface area contributed by atoms with Crippen LogP contribution in [0.2, 0.25) is 0 Å². The van der Waals surface area contributed by atoms with Crippen LogP contribution < -0.4 is 5.43 Å². The van der Waals surface area contributed by atoms with Gasteiger partial charge in [0, 0.05) is 23.5 Å². The van der Waals surface area contributed by atoms with Crippen LogP contribution in [0, 0.1) is 0 Å². The van der Waals surface area contributed by atoms with Crippen molar-refractivity contribution in [3.8, 4) is 0 Å². The highest BCUT2D eigenvalue weighted by Gasteiger charge is 2.06. The van der Waals surface area contributed by atoms with E-state index < -0.39 is 0 Å². The van der Waals surface area contributed by atoms with E-state index in [1.54, 1.807) is 12.4 Å². The Bertz CT molecular complexity index is 631. The van der Waals surface area contributed by atoms with E-state index in [2.05, 4.69) is 29.4 Å². The van der Waals surface area contributed by atoms with E-state index in [4.69, 9.17) is 0 Å². The zero-order valence-corrected chi connectivity index (χ0v) is 12.5. The highest BCUT2D eigenvalue weighted by molar-refractivity contribution is 6.00. The lowest BCUT2D eigenvalue weighted by atomic mass is 10.0. The number of hydrogen-bond donors (Lipinski definition) is 1. The number of carbonyl (C=O) groups excluding carboxylic acids is 1. The van der Waals surface area contributed by atoms with Crippen LogP contribution in [-0.2, 0) is 0 Å². The van der Waals surface area contributed by atoms with Crippen molar-refractivity contribution in [2.24, 2.45) is 5.10 Å². The molecule has 0 aliphatic rings. The largest absolute Gasteiger partial charge is 0.271 e. The van der Waals surface area contributed by atoms with Crippen molar-refractivity contribution in [2.45, 2.75) is 26.7 Å². The summed E-state index contributed by atoms with van der Waals surface area (Å²) in [6, 6.07) is 11.3. The van der Waals surface area contributed by atoms with Crippen LogP contribution in [0.4, 0.5) is 0 Å². The molecule has 0 bridgehead atoms. The van der Waals surface area contributed by atoms with Crippen LogP contribution in [-0.4, -0.2) is 16.6 Å². The Balaban J connectivity index is 2.04. The highest BCUT2D eigenvalue weighted by Crippen LogP contribution is 2.14. The summed E-state index contributed by atoms with van der Waals surface area (Å²) < 4.78 is 0. The second kappa shape index (κ2) is 6.79. The van der Waals surface area contributed by atoms with Crippen LogP contribution in [0.3, 0.4) is 0 Å². The van der Waals surface area contributed by atoms with Gasteiger partial charge in [0.15, 0.2) is 0 Å². The second-order valence-electron chi connectivity index (χ2n) is 5.16. The van der Waals surface area contributed by atoms with Gasteiger partial charge in [0.25, 0.3) is 5.91 Å². The summed E-state index contributed by atoms with van der Waals surface area (Å²) in [5.41, 5.74) is 5.98. The van der Waals surface area contributed by atoms with Gasteiger partial charge in [-0.1, -0.05) is 32.0 Å². The van der Waals surface area contributed by atoms with Crippen molar-refractivity contribution >= 4 is 11.6 Å². The van der Waals surface area contributed by atoms with E-state index in [1.165, 1.54) is 5.56 Å². The van der Waals surface area contributed by atoms with Gasteiger partial charge < -0.3 is 0 Å². The Morgan fingerprint density at radius 2 is 1.86 bits per heavy atom. The third kappa shape index (κ3) is 3.99. The maximum atomic E-state index is 12.0. The van der Waals surface area contributed by atoms with E-state index in [9.17, 15) is 4.79 Å². The number of nitrogens with zero attached hydrogens (tertiary/aromatic N) is 2. The van der Waals surface area contributed by atoms with Gasteiger partial charge in [-0.05, 0) is 36.6 Å². The molecule has 0 aliphatic heterocycles. The molecule has 0 aliphatic carbocycles. The molecule has 1 amide bonds. The molecule has 0 atom stereocenters. The molecular formula is C17H19N3O. The van der Waals surface area contributed by atoms with E-state index in [0.717, 1.165) is 11.3 Å².